The van der Waals surface area contributed by atoms with Gasteiger partial charge in [0.1, 0.15) is 0 Å². The minimum absolute atomic E-state index is 0.0767. The molecule has 124 valence electrons. The van der Waals surface area contributed by atoms with Crippen LogP contribution in [0.1, 0.15) is 84.5 Å². The van der Waals surface area contributed by atoms with E-state index in [1.807, 2.05) is 6.92 Å². The van der Waals surface area contributed by atoms with Crippen molar-refractivity contribution in [3.05, 3.63) is 0 Å². The molecule has 4 nitrogen and oxygen atoms in total. The molecule has 0 fully saturated rings. The summed E-state index contributed by atoms with van der Waals surface area (Å²) in [4.78, 5) is 22.8. The molecule has 21 heavy (non-hydrogen) atoms. The van der Waals surface area contributed by atoms with E-state index < -0.39 is 0 Å². The maximum absolute atomic E-state index is 11.4. The van der Waals surface area contributed by atoms with Crippen LogP contribution < -0.4 is 5.32 Å². The molecule has 0 spiro atoms. The summed E-state index contributed by atoms with van der Waals surface area (Å²) in [7, 11) is 0. The number of carbonyl (C=O) groups excluding carboxylic acids is 2. The number of nitrogens with one attached hydrogen (secondary N) is 1. The Morgan fingerprint density at radius 1 is 0.810 bits per heavy atom. The molecule has 0 bridgehead atoms. The summed E-state index contributed by atoms with van der Waals surface area (Å²) in [5.74, 6) is 0.0492. The lowest BCUT2D eigenvalue weighted by atomic mass is 10.1. The van der Waals surface area contributed by atoms with Gasteiger partial charge in [-0.1, -0.05) is 39.5 Å². The van der Waals surface area contributed by atoms with Crippen LogP contribution in [0, 0.1) is 0 Å². The van der Waals surface area contributed by atoms with Gasteiger partial charge in [-0.15, -0.1) is 0 Å². The third kappa shape index (κ3) is 15.2. The summed E-state index contributed by atoms with van der Waals surface area (Å²) in [6, 6.07) is 0. The highest BCUT2D eigenvalue weighted by atomic mass is 16.5. The van der Waals surface area contributed by atoms with Gasteiger partial charge < -0.3 is 10.1 Å². The van der Waals surface area contributed by atoms with Crippen LogP contribution in [0.15, 0.2) is 0 Å². The molecule has 0 aliphatic heterocycles. The first-order valence-corrected chi connectivity index (χ1v) is 8.63. The largest absolute Gasteiger partial charge is 0.466 e. The van der Waals surface area contributed by atoms with Crippen LogP contribution in [-0.2, 0) is 14.3 Å². The average molecular weight is 299 g/mol. The average Bonchev–Trinajstić information content (AvgIpc) is 2.48. The Labute approximate surface area is 130 Å². The minimum Gasteiger partial charge on any atom is -0.466 e. The first-order chi connectivity index (χ1) is 10.2. The minimum atomic E-state index is -0.0767. The Morgan fingerprint density at radius 3 is 2.19 bits per heavy atom. The van der Waals surface area contributed by atoms with Crippen LogP contribution in [-0.4, -0.2) is 25.0 Å². The Bertz CT molecular complexity index is 267. The van der Waals surface area contributed by atoms with Crippen LogP contribution in [0.3, 0.4) is 0 Å². The molecular weight excluding hydrogens is 266 g/mol. The highest BCUT2D eigenvalue weighted by Gasteiger charge is 2.03. The number of hydrogen-bond acceptors (Lipinski definition) is 3. The van der Waals surface area contributed by atoms with Gasteiger partial charge in [0.2, 0.25) is 5.91 Å². The monoisotopic (exact) mass is 299 g/mol. The van der Waals surface area contributed by atoms with E-state index in [1.54, 1.807) is 0 Å². The van der Waals surface area contributed by atoms with E-state index in [2.05, 4.69) is 12.2 Å². The molecule has 4 heteroatoms. The third-order valence-electron chi connectivity index (χ3n) is 3.37. The predicted molar refractivity (Wildman–Crippen MR) is 86.1 cm³/mol. The summed E-state index contributed by atoms with van der Waals surface area (Å²) in [5, 5.41) is 2.85. The maximum atomic E-state index is 11.4. The fourth-order valence-electron chi connectivity index (χ4n) is 2.05. The fourth-order valence-corrected chi connectivity index (χ4v) is 2.05. The molecule has 0 aromatic carbocycles. The molecule has 0 unspecified atom stereocenters. The first-order valence-electron chi connectivity index (χ1n) is 8.63. The maximum Gasteiger partial charge on any atom is 0.305 e. The molecule has 0 aromatic rings. The molecule has 0 aromatic heterocycles. The van der Waals surface area contributed by atoms with Gasteiger partial charge in [0.05, 0.1) is 6.61 Å². The molecule has 0 aliphatic carbocycles. The van der Waals surface area contributed by atoms with E-state index in [9.17, 15) is 9.59 Å². The summed E-state index contributed by atoms with van der Waals surface area (Å²) in [6.45, 7) is 5.47. The van der Waals surface area contributed by atoms with Gasteiger partial charge in [-0.2, -0.15) is 0 Å². The van der Waals surface area contributed by atoms with Crippen LogP contribution in [0.25, 0.3) is 0 Å². The van der Waals surface area contributed by atoms with Crippen molar-refractivity contribution in [3.8, 4) is 0 Å². The third-order valence-corrected chi connectivity index (χ3v) is 3.37. The molecule has 1 amide bonds. The van der Waals surface area contributed by atoms with Crippen molar-refractivity contribution in [2.75, 3.05) is 13.2 Å². The number of carbonyl (C=O) groups is 2. The van der Waals surface area contributed by atoms with Gasteiger partial charge >= 0.3 is 5.97 Å². The van der Waals surface area contributed by atoms with Crippen molar-refractivity contribution in [3.63, 3.8) is 0 Å². The zero-order valence-corrected chi connectivity index (χ0v) is 13.9. The molecule has 0 aliphatic rings. The van der Waals surface area contributed by atoms with E-state index >= 15 is 0 Å². The molecule has 0 saturated heterocycles. The first kappa shape index (κ1) is 19.9. The predicted octanol–water partition coefficient (Wildman–Crippen LogP) is 3.98. The number of ether oxygens (including phenoxy) is 1. The smallest absolute Gasteiger partial charge is 0.305 e. The number of amides is 1. The van der Waals surface area contributed by atoms with Gasteiger partial charge in [0.25, 0.3) is 0 Å². The van der Waals surface area contributed by atoms with Gasteiger partial charge in [0.15, 0.2) is 0 Å². The summed E-state index contributed by atoms with van der Waals surface area (Å²) in [5.41, 5.74) is 0. The quantitative estimate of drug-likeness (QED) is 0.390. The number of rotatable bonds is 14. The van der Waals surface area contributed by atoms with Crippen molar-refractivity contribution in [1.82, 2.24) is 5.32 Å². The van der Waals surface area contributed by atoms with Gasteiger partial charge in [-0.25, -0.2) is 0 Å². The molecule has 0 saturated carbocycles. The molecule has 1 N–H and O–H groups in total. The van der Waals surface area contributed by atoms with Crippen molar-refractivity contribution in [2.45, 2.75) is 84.5 Å². The van der Waals surface area contributed by atoms with E-state index in [0.29, 0.717) is 19.4 Å². The normalized spacial score (nSPS) is 10.4. The van der Waals surface area contributed by atoms with Crippen LogP contribution in [0.2, 0.25) is 0 Å². The van der Waals surface area contributed by atoms with Crippen molar-refractivity contribution in [2.24, 2.45) is 0 Å². The lowest BCUT2D eigenvalue weighted by Gasteiger charge is -2.05. The highest BCUT2D eigenvalue weighted by molar-refractivity contribution is 5.75. The lowest BCUT2D eigenvalue weighted by Crippen LogP contribution is -2.23. The Hall–Kier alpha value is -1.06. The summed E-state index contributed by atoms with van der Waals surface area (Å²) < 4.78 is 5.18. The zero-order chi connectivity index (χ0) is 15.8. The molecule has 0 heterocycles. The second-order valence-electron chi connectivity index (χ2n) is 5.55. The standard InChI is InChI=1S/C17H33NO3/c1-3-5-6-7-10-13-17(20)21-15-11-8-9-12-16(19)18-14-4-2/h3-15H2,1-2H3,(H,18,19). The topological polar surface area (TPSA) is 55.4 Å². The molecular formula is C17H33NO3. The van der Waals surface area contributed by atoms with Crippen molar-refractivity contribution < 1.29 is 14.3 Å². The van der Waals surface area contributed by atoms with Crippen molar-refractivity contribution >= 4 is 11.9 Å². The number of hydrogen-bond donors (Lipinski definition) is 1. The molecule has 0 radical (unpaired) electrons. The Balaban J connectivity index is 3.26. The Morgan fingerprint density at radius 2 is 1.48 bits per heavy atom. The van der Waals surface area contributed by atoms with E-state index in [0.717, 1.165) is 45.1 Å². The second kappa shape index (κ2) is 15.3. The summed E-state index contributed by atoms with van der Waals surface area (Å²) in [6.07, 6.45) is 10.5. The van der Waals surface area contributed by atoms with Crippen LogP contribution in [0.5, 0.6) is 0 Å². The van der Waals surface area contributed by atoms with Crippen LogP contribution in [0.4, 0.5) is 0 Å². The SMILES string of the molecule is CCCCCCCC(=O)OCCCCCC(=O)NCCC. The van der Waals surface area contributed by atoms with E-state index in [-0.39, 0.29) is 11.9 Å². The van der Waals surface area contributed by atoms with E-state index in [4.69, 9.17) is 4.74 Å². The molecule has 0 rings (SSSR count). The highest BCUT2D eigenvalue weighted by Crippen LogP contribution is 2.06. The Kier molecular flexibility index (Phi) is 14.6. The van der Waals surface area contributed by atoms with E-state index in [1.165, 1.54) is 19.3 Å². The van der Waals surface area contributed by atoms with Gasteiger partial charge in [-0.3, -0.25) is 9.59 Å². The van der Waals surface area contributed by atoms with Crippen molar-refractivity contribution in [1.29, 1.82) is 0 Å². The summed E-state index contributed by atoms with van der Waals surface area (Å²) >= 11 is 0. The lowest BCUT2D eigenvalue weighted by molar-refractivity contribution is -0.144. The molecule has 0 atom stereocenters. The zero-order valence-electron chi connectivity index (χ0n) is 13.9. The van der Waals surface area contributed by atoms with Gasteiger partial charge in [-0.05, 0) is 32.1 Å². The number of unbranched alkanes of at least 4 members (excludes halogenated alkanes) is 6. The van der Waals surface area contributed by atoms with Crippen LogP contribution >= 0.6 is 0 Å². The fraction of sp³-hybridized carbons (Fsp3) is 0.882. The number of esters is 1. The second-order valence-corrected chi connectivity index (χ2v) is 5.55. The van der Waals surface area contributed by atoms with Gasteiger partial charge in [0, 0.05) is 19.4 Å².